The molecule has 0 saturated carbocycles. The molecule has 0 aromatic heterocycles. The monoisotopic (exact) mass is 359 g/mol. The highest BCUT2D eigenvalue weighted by Crippen LogP contribution is 2.42. The summed E-state index contributed by atoms with van der Waals surface area (Å²) in [7, 11) is 0. The first-order valence-corrected chi connectivity index (χ1v) is 9.01. The van der Waals surface area contributed by atoms with Gasteiger partial charge in [0.15, 0.2) is 0 Å². The zero-order chi connectivity index (χ0) is 19.3. The predicted molar refractivity (Wildman–Crippen MR) is 110 cm³/mol. The van der Waals surface area contributed by atoms with Crippen LogP contribution < -0.4 is 16.8 Å². The predicted octanol–water partition coefficient (Wildman–Crippen LogP) is 3.39. The summed E-state index contributed by atoms with van der Waals surface area (Å²) in [5.74, 6) is -0.341. The van der Waals surface area contributed by atoms with E-state index in [2.05, 4.69) is 17.4 Å². The van der Waals surface area contributed by atoms with Crippen LogP contribution >= 0.6 is 0 Å². The van der Waals surface area contributed by atoms with Gasteiger partial charge in [-0.2, -0.15) is 0 Å². The summed E-state index contributed by atoms with van der Waals surface area (Å²) in [6.07, 6.45) is 0. The molecule has 5 N–H and O–H groups in total. The average molecular weight is 359 g/mol. The van der Waals surface area contributed by atoms with Crippen LogP contribution in [0.25, 0.3) is 0 Å². The standard InChI is InChI=1S/C23H25N3O/c1-23(26-21(27)16-24,19-12-6-3-7-13-19)22(17-9-4-2-5-10-17)18-11-8-14-20(25)15-18/h2-15,22H,16,24-25H2,1H3,(H,26,27). The topological polar surface area (TPSA) is 81.1 Å². The third-order valence-electron chi connectivity index (χ3n) is 4.91. The summed E-state index contributed by atoms with van der Waals surface area (Å²) < 4.78 is 0. The maximum absolute atomic E-state index is 12.4. The van der Waals surface area contributed by atoms with Gasteiger partial charge in [0.1, 0.15) is 0 Å². The minimum atomic E-state index is -0.702. The van der Waals surface area contributed by atoms with E-state index in [1.165, 1.54) is 0 Å². The molecule has 0 spiro atoms. The second-order valence-corrected chi connectivity index (χ2v) is 6.83. The fourth-order valence-electron chi connectivity index (χ4n) is 3.68. The Hall–Kier alpha value is -3.11. The van der Waals surface area contributed by atoms with Crippen molar-refractivity contribution >= 4 is 11.6 Å². The quantitative estimate of drug-likeness (QED) is 0.590. The molecule has 0 fully saturated rings. The summed E-state index contributed by atoms with van der Waals surface area (Å²) in [4.78, 5) is 12.4. The molecular weight excluding hydrogens is 334 g/mol. The van der Waals surface area contributed by atoms with Crippen LogP contribution in [0.4, 0.5) is 5.69 Å². The van der Waals surface area contributed by atoms with Gasteiger partial charge in [-0.15, -0.1) is 0 Å². The Balaban J connectivity index is 2.23. The van der Waals surface area contributed by atoms with Crippen molar-refractivity contribution in [2.24, 2.45) is 5.73 Å². The van der Waals surface area contributed by atoms with Crippen molar-refractivity contribution in [2.75, 3.05) is 12.3 Å². The van der Waals surface area contributed by atoms with Crippen molar-refractivity contribution < 1.29 is 4.79 Å². The largest absolute Gasteiger partial charge is 0.399 e. The summed E-state index contributed by atoms with van der Waals surface area (Å²) in [5.41, 5.74) is 14.8. The Labute approximate surface area is 160 Å². The van der Waals surface area contributed by atoms with Crippen molar-refractivity contribution in [3.05, 3.63) is 102 Å². The smallest absolute Gasteiger partial charge is 0.234 e. The Morgan fingerprint density at radius 3 is 2.11 bits per heavy atom. The number of carbonyl (C=O) groups is 1. The number of nitrogens with one attached hydrogen (secondary N) is 1. The number of hydrogen-bond acceptors (Lipinski definition) is 3. The molecule has 2 atom stereocenters. The maximum atomic E-state index is 12.4. The average Bonchev–Trinajstić information content (AvgIpc) is 2.69. The lowest BCUT2D eigenvalue weighted by Crippen LogP contribution is -2.50. The van der Waals surface area contributed by atoms with Gasteiger partial charge in [-0.3, -0.25) is 4.79 Å². The molecule has 0 saturated heterocycles. The van der Waals surface area contributed by atoms with Crippen LogP contribution in [-0.2, 0) is 10.3 Å². The molecule has 0 aliphatic rings. The van der Waals surface area contributed by atoms with Crippen LogP contribution in [-0.4, -0.2) is 12.5 Å². The van der Waals surface area contributed by atoms with E-state index in [0.717, 1.165) is 16.7 Å². The number of amides is 1. The van der Waals surface area contributed by atoms with E-state index in [1.807, 2.05) is 79.7 Å². The zero-order valence-electron chi connectivity index (χ0n) is 15.4. The number of benzene rings is 3. The van der Waals surface area contributed by atoms with E-state index in [-0.39, 0.29) is 18.4 Å². The summed E-state index contributed by atoms with van der Waals surface area (Å²) in [6, 6.07) is 27.9. The number of rotatable bonds is 6. The molecule has 0 bridgehead atoms. The van der Waals surface area contributed by atoms with Gasteiger partial charge in [0.05, 0.1) is 12.1 Å². The van der Waals surface area contributed by atoms with Crippen molar-refractivity contribution in [2.45, 2.75) is 18.4 Å². The Morgan fingerprint density at radius 1 is 0.926 bits per heavy atom. The van der Waals surface area contributed by atoms with Gasteiger partial charge in [0.2, 0.25) is 5.91 Å². The highest BCUT2D eigenvalue weighted by atomic mass is 16.2. The number of nitrogen functional groups attached to an aromatic ring is 1. The fourth-order valence-corrected chi connectivity index (χ4v) is 3.68. The molecule has 3 rings (SSSR count). The minimum absolute atomic E-state index is 0.0686. The van der Waals surface area contributed by atoms with Gasteiger partial charge in [-0.1, -0.05) is 72.8 Å². The van der Waals surface area contributed by atoms with Crippen LogP contribution in [0.15, 0.2) is 84.9 Å². The molecule has 0 radical (unpaired) electrons. The highest BCUT2D eigenvalue weighted by molar-refractivity contribution is 5.79. The molecule has 138 valence electrons. The third-order valence-corrected chi connectivity index (χ3v) is 4.91. The molecule has 2 unspecified atom stereocenters. The highest BCUT2D eigenvalue weighted by Gasteiger charge is 2.39. The minimum Gasteiger partial charge on any atom is -0.399 e. The summed E-state index contributed by atoms with van der Waals surface area (Å²) >= 11 is 0. The summed E-state index contributed by atoms with van der Waals surface area (Å²) in [6.45, 7) is 1.97. The Morgan fingerprint density at radius 2 is 1.52 bits per heavy atom. The normalized spacial score (nSPS) is 14.1. The van der Waals surface area contributed by atoms with Crippen LogP contribution in [0.2, 0.25) is 0 Å². The van der Waals surface area contributed by atoms with E-state index in [1.54, 1.807) is 0 Å². The Kier molecular flexibility index (Phi) is 5.57. The lowest BCUT2D eigenvalue weighted by atomic mass is 9.72. The first-order valence-electron chi connectivity index (χ1n) is 9.01. The van der Waals surface area contributed by atoms with Crippen molar-refractivity contribution in [1.82, 2.24) is 5.32 Å². The molecule has 4 heteroatoms. The molecule has 4 nitrogen and oxygen atoms in total. The molecule has 0 aliphatic heterocycles. The van der Waals surface area contributed by atoms with Crippen LogP contribution in [0.3, 0.4) is 0 Å². The number of anilines is 1. The summed E-state index contributed by atoms with van der Waals surface area (Å²) in [5, 5.41) is 3.17. The first-order chi connectivity index (χ1) is 13.0. The van der Waals surface area contributed by atoms with E-state index < -0.39 is 5.54 Å². The van der Waals surface area contributed by atoms with Crippen molar-refractivity contribution in [1.29, 1.82) is 0 Å². The second kappa shape index (κ2) is 8.06. The molecule has 1 amide bonds. The molecular formula is C23H25N3O. The van der Waals surface area contributed by atoms with Gasteiger partial charge < -0.3 is 16.8 Å². The third kappa shape index (κ3) is 4.01. The lowest BCUT2D eigenvalue weighted by Gasteiger charge is -2.40. The van der Waals surface area contributed by atoms with Gasteiger partial charge in [0.25, 0.3) is 0 Å². The SMILES string of the molecule is CC(NC(=O)CN)(c1ccccc1)C(c1ccccc1)c1cccc(N)c1. The van der Waals surface area contributed by atoms with E-state index >= 15 is 0 Å². The van der Waals surface area contributed by atoms with E-state index in [9.17, 15) is 4.79 Å². The number of carbonyl (C=O) groups excluding carboxylic acids is 1. The molecule has 0 heterocycles. The van der Waals surface area contributed by atoms with E-state index in [0.29, 0.717) is 5.69 Å². The number of hydrogen-bond donors (Lipinski definition) is 3. The Bertz CT molecular complexity index is 896. The fraction of sp³-hybridized carbons (Fsp3) is 0.174. The molecule has 3 aromatic carbocycles. The molecule has 0 aliphatic carbocycles. The van der Waals surface area contributed by atoms with Crippen molar-refractivity contribution in [3.8, 4) is 0 Å². The van der Waals surface area contributed by atoms with Crippen LogP contribution in [0, 0.1) is 0 Å². The molecule has 27 heavy (non-hydrogen) atoms. The maximum Gasteiger partial charge on any atom is 0.234 e. The van der Waals surface area contributed by atoms with E-state index in [4.69, 9.17) is 11.5 Å². The van der Waals surface area contributed by atoms with Crippen LogP contribution in [0.5, 0.6) is 0 Å². The molecule has 3 aromatic rings. The second-order valence-electron chi connectivity index (χ2n) is 6.83. The van der Waals surface area contributed by atoms with Crippen LogP contribution in [0.1, 0.15) is 29.5 Å². The first kappa shape index (κ1) is 18.7. The van der Waals surface area contributed by atoms with Gasteiger partial charge >= 0.3 is 0 Å². The lowest BCUT2D eigenvalue weighted by molar-refractivity contribution is -0.121. The zero-order valence-corrected chi connectivity index (χ0v) is 15.4. The number of nitrogens with two attached hydrogens (primary N) is 2. The van der Waals surface area contributed by atoms with Crippen molar-refractivity contribution in [3.63, 3.8) is 0 Å². The van der Waals surface area contributed by atoms with Gasteiger partial charge in [-0.25, -0.2) is 0 Å². The van der Waals surface area contributed by atoms with Gasteiger partial charge in [0, 0.05) is 11.6 Å². The van der Waals surface area contributed by atoms with Gasteiger partial charge in [-0.05, 0) is 35.7 Å².